The lowest BCUT2D eigenvalue weighted by molar-refractivity contribution is 0.103. The molecule has 0 fully saturated rings. The SMILES string of the molecule is O=C(c1ccc(Cl)c(Cl)c1)c1ccccn1. The van der Waals surface area contributed by atoms with Crippen molar-refractivity contribution < 1.29 is 4.79 Å². The van der Waals surface area contributed by atoms with Gasteiger partial charge in [-0.15, -0.1) is 0 Å². The van der Waals surface area contributed by atoms with Crippen LogP contribution in [0.15, 0.2) is 42.6 Å². The zero-order valence-corrected chi connectivity index (χ0v) is 9.66. The minimum absolute atomic E-state index is 0.167. The molecule has 0 amide bonds. The first kappa shape index (κ1) is 11.1. The minimum atomic E-state index is -0.167. The lowest BCUT2D eigenvalue weighted by Crippen LogP contribution is -2.03. The number of aromatic nitrogens is 1. The summed E-state index contributed by atoms with van der Waals surface area (Å²) in [6.07, 6.45) is 1.57. The van der Waals surface area contributed by atoms with E-state index in [0.717, 1.165) is 0 Å². The first-order valence-corrected chi connectivity index (χ1v) is 5.35. The van der Waals surface area contributed by atoms with Gasteiger partial charge < -0.3 is 0 Å². The summed E-state index contributed by atoms with van der Waals surface area (Å²) in [5.41, 5.74) is 0.869. The number of nitrogens with zero attached hydrogens (tertiary/aromatic N) is 1. The standard InChI is InChI=1S/C12H7Cl2NO/c13-9-5-4-8(7-10(9)14)12(16)11-3-1-2-6-15-11/h1-7H. The lowest BCUT2D eigenvalue weighted by atomic mass is 10.1. The second kappa shape index (κ2) is 4.64. The van der Waals surface area contributed by atoms with Gasteiger partial charge in [0.1, 0.15) is 5.69 Å². The van der Waals surface area contributed by atoms with E-state index in [2.05, 4.69) is 4.98 Å². The molecule has 0 N–H and O–H groups in total. The smallest absolute Gasteiger partial charge is 0.211 e. The highest BCUT2D eigenvalue weighted by Gasteiger charge is 2.11. The van der Waals surface area contributed by atoms with Crippen molar-refractivity contribution in [3.63, 3.8) is 0 Å². The van der Waals surface area contributed by atoms with E-state index in [9.17, 15) is 4.79 Å². The maximum absolute atomic E-state index is 11.9. The number of pyridine rings is 1. The van der Waals surface area contributed by atoms with E-state index in [0.29, 0.717) is 21.3 Å². The molecular weight excluding hydrogens is 245 g/mol. The van der Waals surface area contributed by atoms with Crippen molar-refractivity contribution >= 4 is 29.0 Å². The second-order valence-electron chi connectivity index (χ2n) is 3.17. The van der Waals surface area contributed by atoms with E-state index in [4.69, 9.17) is 23.2 Å². The Kier molecular flexibility index (Phi) is 3.22. The molecule has 2 aromatic rings. The Bertz CT molecular complexity index is 526. The first-order valence-electron chi connectivity index (χ1n) is 4.59. The average molecular weight is 252 g/mol. The number of rotatable bonds is 2. The van der Waals surface area contributed by atoms with Gasteiger partial charge in [0.05, 0.1) is 10.0 Å². The van der Waals surface area contributed by atoms with Crippen LogP contribution in [0.25, 0.3) is 0 Å². The van der Waals surface area contributed by atoms with Crippen LogP contribution in [0.5, 0.6) is 0 Å². The molecule has 0 aliphatic heterocycles. The third-order valence-electron chi connectivity index (χ3n) is 2.08. The summed E-state index contributed by atoms with van der Waals surface area (Å²) in [4.78, 5) is 15.9. The summed E-state index contributed by atoms with van der Waals surface area (Å²) in [6, 6.07) is 9.94. The second-order valence-corrected chi connectivity index (χ2v) is 3.99. The Morgan fingerprint density at radius 1 is 1.06 bits per heavy atom. The van der Waals surface area contributed by atoms with Crippen LogP contribution >= 0.6 is 23.2 Å². The molecule has 1 aromatic carbocycles. The number of hydrogen-bond acceptors (Lipinski definition) is 2. The van der Waals surface area contributed by atoms with Crippen molar-refractivity contribution in [3.05, 3.63) is 63.9 Å². The Morgan fingerprint density at radius 3 is 2.50 bits per heavy atom. The molecule has 0 atom stereocenters. The Hall–Kier alpha value is -1.38. The topological polar surface area (TPSA) is 30.0 Å². The number of ketones is 1. The molecule has 2 nitrogen and oxygen atoms in total. The summed E-state index contributed by atoms with van der Waals surface area (Å²) in [7, 11) is 0. The van der Waals surface area contributed by atoms with Crippen LogP contribution in [0.3, 0.4) is 0 Å². The van der Waals surface area contributed by atoms with Crippen LogP contribution in [0.2, 0.25) is 10.0 Å². The highest BCUT2D eigenvalue weighted by Crippen LogP contribution is 2.23. The Morgan fingerprint density at radius 2 is 1.88 bits per heavy atom. The fourth-order valence-corrected chi connectivity index (χ4v) is 1.58. The van der Waals surface area contributed by atoms with Gasteiger partial charge in [-0.25, -0.2) is 0 Å². The zero-order valence-electron chi connectivity index (χ0n) is 8.15. The van der Waals surface area contributed by atoms with E-state index >= 15 is 0 Å². The largest absolute Gasteiger partial charge is 0.287 e. The Balaban J connectivity index is 2.39. The Labute approximate surface area is 103 Å². The van der Waals surface area contributed by atoms with Crippen molar-refractivity contribution in [1.82, 2.24) is 4.98 Å². The van der Waals surface area contributed by atoms with Gasteiger partial charge in [0.15, 0.2) is 0 Å². The summed E-state index contributed by atoms with van der Waals surface area (Å²) >= 11 is 11.6. The summed E-state index contributed by atoms with van der Waals surface area (Å²) in [5.74, 6) is -0.167. The van der Waals surface area contributed by atoms with Crippen LogP contribution in [-0.2, 0) is 0 Å². The van der Waals surface area contributed by atoms with Gasteiger partial charge in [0.2, 0.25) is 5.78 Å². The third-order valence-corrected chi connectivity index (χ3v) is 2.82. The van der Waals surface area contributed by atoms with Crippen molar-refractivity contribution in [3.8, 4) is 0 Å². The van der Waals surface area contributed by atoms with Gasteiger partial charge in [-0.3, -0.25) is 9.78 Å². The van der Waals surface area contributed by atoms with Gasteiger partial charge in [0, 0.05) is 11.8 Å². The average Bonchev–Trinajstić information content (AvgIpc) is 2.33. The molecule has 0 aliphatic rings. The van der Waals surface area contributed by atoms with Gasteiger partial charge >= 0.3 is 0 Å². The number of carbonyl (C=O) groups is 1. The minimum Gasteiger partial charge on any atom is -0.287 e. The molecule has 0 aliphatic carbocycles. The summed E-state index contributed by atoms with van der Waals surface area (Å²) < 4.78 is 0. The van der Waals surface area contributed by atoms with Gasteiger partial charge in [-0.1, -0.05) is 29.3 Å². The number of carbonyl (C=O) groups excluding carboxylic acids is 1. The molecule has 1 heterocycles. The van der Waals surface area contributed by atoms with Crippen molar-refractivity contribution in [2.45, 2.75) is 0 Å². The zero-order chi connectivity index (χ0) is 11.5. The molecule has 2 rings (SSSR count). The van der Waals surface area contributed by atoms with Gasteiger partial charge in [-0.05, 0) is 30.3 Å². The molecule has 80 valence electrons. The van der Waals surface area contributed by atoms with Crippen molar-refractivity contribution in [1.29, 1.82) is 0 Å². The maximum atomic E-state index is 11.9. The van der Waals surface area contributed by atoms with E-state index < -0.39 is 0 Å². The molecule has 16 heavy (non-hydrogen) atoms. The number of halogens is 2. The third kappa shape index (κ3) is 2.23. The monoisotopic (exact) mass is 251 g/mol. The molecule has 0 spiro atoms. The van der Waals surface area contributed by atoms with Crippen LogP contribution in [0.4, 0.5) is 0 Å². The normalized spacial score (nSPS) is 10.1. The first-order chi connectivity index (χ1) is 7.68. The highest BCUT2D eigenvalue weighted by atomic mass is 35.5. The van der Waals surface area contributed by atoms with Gasteiger partial charge in [0.25, 0.3) is 0 Å². The van der Waals surface area contributed by atoms with Crippen LogP contribution in [-0.4, -0.2) is 10.8 Å². The predicted octanol–water partition coefficient (Wildman–Crippen LogP) is 3.62. The van der Waals surface area contributed by atoms with Crippen molar-refractivity contribution in [2.24, 2.45) is 0 Å². The van der Waals surface area contributed by atoms with Crippen LogP contribution in [0.1, 0.15) is 16.1 Å². The molecule has 0 radical (unpaired) electrons. The summed E-state index contributed by atoms with van der Waals surface area (Å²) in [5, 5.41) is 0.794. The fourth-order valence-electron chi connectivity index (χ4n) is 1.28. The predicted molar refractivity (Wildman–Crippen MR) is 64.1 cm³/mol. The number of hydrogen-bond donors (Lipinski definition) is 0. The number of benzene rings is 1. The summed E-state index contributed by atoms with van der Waals surface area (Å²) in [6.45, 7) is 0. The maximum Gasteiger partial charge on any atom is 0.211 e. The molecule has 1 aromatic heterocycles. The van der Waals surface area contributed by atoms with Crippen LogP contribution in [0, 0.1) is 0 Å². The fraction of sp³-hybridized carbons (Fsp3) is 0. The van der Waals surface area contributed by atoms with Gasteiger partial charge in [-0.2, -0.15) is 0 Å². The molecule has 0 saturated heterocycles. The molecular formula is C12H7Cl2NO. The van der Waals surface area contributed by atoms with E-state index in [1.54, 1.807) is 42.6 Å². The lowest BCUT2D eigenvalue weighted by Gasteiger charge is -2.01. The molecule has 4 heteroatoms. The van der Waals surface area contributed by atoms with E-state index in [1.165, 1.54) is 0 Å². The highest BCUT2D eigenvalue weighted by molar-refractivity contribution is 6.42. The molecule has 0 saturated carbocycles. The molecule has 0 bridgehead atoms. The quantitative estimate of drug-likeness (QED) is 0.764. The molecule has 0 unspecified atom stereocenters. The van der Waals surface area contributed by atoms with Crippen molar-refractivity contribution in [2.75, 3.05) is 0 Å². The van der Waals surface area contributed by atoms with E-state index in [1.807, 2.05) is 0 Å². The van der Waals surface area contributed by atoms with Crippen LogP contribution < -0.4 is 0 Å². The van der Waals surface area contributed by atoms with E-state index in [-0.39, 0.29) is 5.78 Å².